The molecule has 2 aromatic heterocycles. The fourth-order valence-electron chi connectivity index (χ4n) is 4.60. The van der Waals surface area contributed by atoms with Gasteiger partial charge < -0.3 is 9.88 Å². The van der Waals surface area contributed by atoms with Crippen LogP contribution in [0.15, 0.2) is 11.0 Å². The van der Waals surface area contributed by atoms with Gasteiger partial charge in [0.15, 0.2) is 5.69 Å². The van der Waals surface area contributed by atoms with Crippen molar-refractivity contribution in [2.24, 2.45) is 7.05 Å². The molecule has 1 aliphatic heterocycles. The maximum atomic E-state index is 12.8. The molecule has 7 nitrogen and oxygen atoms in total. The number of H-pyrrole nitrogens is 1. The van der Waals surface area contributed by atoms with E-state index < -0.39 is 0 Å². The summed E-state index contributed by atoms with van der Waals surface area (Å²) in [6, 6.07) is 0. The molecule has 0 unspecified atom stereocenters. The molecule has 1 saturated carbocycles. The minimum atomic E-state index is -0.119. The molecule has 3 heterocycles. The number of halogens is 1. The number of hydrogen-bond acceptors (Lipinski definition) is 4. The first-order chi connectivity index (χ1) is 13.0. The molecule has 3 aliphatic rings. The number of aromatic nitrogens is 4. The van der Waals surface area contributed by atoms with Gasteiger partial charge in [-0.25, -0.2) is 4.98 Å². The average Bonchev–Trinajstić information content (AvgIpc) is 3.37. The SMILES string of the molecule is Cn1cc(Cl)c(C(=O)N2CCC3(CCc4c3nc(C3CC3)[nH]c4=O)CC2)n1. The lowest BCUT2D eigenvalue weighted by atomic mass is 9.76. The standard InChI is InChI=1S/C19H22ClN5O2/c1-24-10-13(20)14(23-24)18(27)25-8-6-19(7-9-25)5-4-12-15(19)21-16(11-2-3-11)22-17(12)26/h10-11H,2-9H2,1H3,(H,21,22,26). The lowest BCUT2D eigenvalue weighted by molar-refractivity contribution is 0.0657. The van der Waals surface area contributed by atoms with Gasteiger partial charge in [-0.1, -0.05) is 11.6 Å². The van der Waals surface area contributed by atoms with Crippen molar-refractivity contribution < 1.29 is 4.79 Å². The van der Waals surface area contributed by atoms with Gasteiger partial charge in [-0.3, -0.25) is 14.3 Å². The zero-order valence-corrected chi connectivity index (χ0v) is 16.1. The Hall–Kier alpha value is -2.15. The van der Waals surface area contributed by atoms with Gasteiger partial charge in [0.1, 0.15) is 5.82 Å². The Kier molecular flexibility index (Phi) is 3.73. The summed E-state index contributed by atoms with van der Waals surface area (Å²) in [5.41, 5.74) is 2.13. The number of carbonyl (C=O) groups excluding carboxylic acids is 1. The first kappa shape index (κ1) is 17.0. The Morgan fingerprint density at radius 1 is 1.30 bits per heavy atom. The molecular weight excluding hydrogens is 366 g/mol. The molecular formula is C19H22ClN5O2. The van der Waals surface area contributed by atoms with Gasteiger partial charge in [-0.15, -0.1) is 0 Å². The first-order valence-corrected chi connectivity index (χ1v) is 9.97. The van der Waals surface area contributed by atoms with Gasteiger partial charge in [0.25, 0.3) is 11.5 Å². The van der Waals surface area contributed by atoms with Crippen LogP contribution in [-0.2, 0) is 18.9 Å². The van der Waals surface area contributed by atoms with Crippen LogP contribution in [0.3, 0.4) is 0 Å². The van der Waals surface area contributed by atoms with Crippen molar-refractivity contribution >= 4 is 17.5 Å². The van der Waals surface area contributed by atoms with Crippen LogP contribution in [-0.4, -0.2) is 43.6 Å². The van der Waals surface area contributed by atoms with Crippen molar-refractivity contribution in [2.75, 3.05) is 13.1 Å². The van der Waals surface area contributed by atoms with E-state index in [-0.39, 0.29) is 16.9 Å². The van der Waals surface area contributed by atoms with Crippen LogP contribution >= 0.6 is 11.6 Å². The predicted molar refractivity (Wildman–Crippen MR) is 100 cm³/mol. The summed E-state index contributed by atoms with van der Waals surface area (Å²) in [4.78, 5) is 35.0. The molecule has 1 N–H and O–H groups in total. The van der Waals surface area contributed by atoms with E-state index in [2.05, 4.69) is 10.1 Å². The fraction of sp³-hybridized carbons (Fsp3) is 0.579. The minimum Gasteiger partial charge on any atom is -0.337 e. The number of aryl methyl sites for hydroxylation is 1. The Morgan fingerprint density at radius 3 is 2.67 bits per heavy atom. The van der Waals surface area contributed by atoms with E-state index in [0.717, 1.165) is 55.6 Å². The lowest BCUT2D eigenvalue weighted by Crippen LogP contribution is -2.45. The third-order valence-electron chi connectivity index (χ3n) is 6.35. The summed E-state index contributed by atoms with van der Waals surface area (Å²) in [5, 5.41) is 4.58. The van der Waals surface area contributed by atoms with E-state index in [9.17, 15) is 9.59 Å². The monoisotopic (exact) mass is 387 g/mol. The third kappa shape index (κ3) is 2.71. The van der Waals surface area contributed by atoms with Gasteiger partial charge in [0, 0.05) is 43.2 Å². The van der Waals surface area contributed by atoms with E-state index in [1.165, 1.54) is 0 Å². The van der Waals surface area contributed by atoms with Crippen molar-refractivity contribution in [1.29, 1.82) is 0 Å². The van der Waals surface area contributed by atoms with Crippen LogP contribution in [0.1, 0.15) is 65.6 Å². The van der Waals surface area contributed by atoms with E-state index in [1.54, 1.807) is 17.9 Å². The molecule has 8 heteroatoms. The second-order valence-corrected chi connectivity index (χ2v) is 8.53. The molecule has 2 fully saturated rings. The number of amides is 1. The van der Waals surface area contributed by atoms with Gasteiger partial charge in [0.2, 0.25) is 0 Å². The summed E-state index contributed by atoms with van der Waals surface area (Å²) in [7, 11) is 1.75. The van der Waals surface area contributed by atoms with E-state index in [4.69, 9.17) is 16.6 Å². The minimum absolute atomic E-state index is 0.0394. The number of carbonyl (C=O) groups is 1. The molecule has 5 rings (SSSR count). The number of aromatic amines is 1. The molecule has 2 aromatic rings. The van der Waals surface area contributed by atoms with Crippen LogP contribution < -0.4 is 5.56 Å². The zero-order valence-electron chi connectivity index (χ0n) is 15.3. The first-order valence-electron chi connectivity index (χ1n) is 9.59. The van der Waals surface area contributed by atoms with Gasteiger partial charge in [-0.2, -0.15) is 5.10 Å². The molecule has 0 aromatic carbocycles. The molecule has 1 spiro atoms. The number of nitrogens with zero attached hydrogens (tertiary/aromatic N) is 4. The van der Waals surface area contributed by atoms with Gasteiger partial charge in [-0.05, 0) is 38.5 Å². The smallest absolute Gasteiger partial charge is 0.275 e. The molecule has 142 valence electrons. The summed E-state index contributed by atoms with van der Waals surface area (Å²) >= 11 is 6.14. The molecule has 2 aliphatic carbocycles. The topological polar surface area (TPSA) is 83.9 Å². The lowest BCUT2D eigenvalue weighted by Gasteiger charge is -2.39. The Bertz CT molecular complexity index is 982. The quantitative estimate of drug-likeness (QED) is 0.855. The second-order valence-electron chi connectivity index (χ2n) is 8.12. The highest BCUT2D eigenvalue weighted by atomic mass is 35.5. The Labute approximate surface area is 161 Å². The number of nitrogens with one attached hydrogen (secondary N) is 1. The molecule has 1 amide bonds. The van der Waals surface area contributed by atoms with Crippen LogP contribution in [0.5, 0.6) is 0 Å². The van der Waals surface area contributed by atoms with Gasteiger partial charge in [0.05, 0.1) is 10.7 Å². The summed E-state index contributed by atoms with van der Waals surface area (Å²) < 4.78 is 1.56. The molecule has 0 atom stereocenters. The summed E-state index contributed by atoms with van der Waals surface area (Å²) in [6.45, 7) is 1.27. The van der Waals surface area contributed by atoms with Crippen molar-refractivity contribution in [3.05, 3.63) is 44.3 Å². The van der Waals surface area contributed by atoms with Crippen LogP contribution in [0.25, 0.3) is 0 Å². The number of rotatable bonds is 2. The maximum absolute atomic E-state index is 12.8. The number of hydrogen-bond donors (Lipinski definition) is 1. The maximum Gasteiger partial charge on any atom is 0.275 e. The van der Waals surface area contributed by atoms with Crippen LogP contribution in [0, 0.1) is 0 Å². The van der Waals surface area contributed by atoms with Crippen molar-refractivity contribution in [3.8, 4) is 0 Å². The molecule has 0 bridgehead atoms. The predicted octanol–water partition coefficient (Wildman–Crippen LogP) is 2.15. The largest absolute Gasteiger partial charge is 0.337 e. The molecule has 1 saturated heterocycles. The normalized spacial score (nSPS) is 20.9. The Morgan fingerprint density at radius 2 is 2.04 bits per heavy atom. The average molecular weight is 388 g/mol. The summed E-state index contributed by atoms with van der Waals surface area (Å²) in [5.74, 6) is 1.17. The highest BCUT2D eigenvalue weighted by molar-refractivity contribution is 6.33. The van der Waals surface area contributed by atoms with Crippen molar-refractivity contribution in [2.45, 2.75) is 49.9 Å². The highest BCUT2D eigenvalue weighted by Gasteiger charge is 2.45. The third-order valence-corrected chi connectivity index (χ3v) is 6.62. The summed E-state index contributed by atoms with van der Waals surface area (Å²) in [6.07, 6.45) is 7.25. The van der Waals surface area contributed by atoms with Gasteiger partial charge >= 0.3 is 0 Å². The number of likely N-dealkylation sites (tertiary alicyclic amines) is 1. The van der Waals surface area contributed by atoms with Crippen molar-refractivity contribution in [1.82, 2.24) is 24.6 Å². The van der Waals surface area contributed by atoms with E-state index in [1.807, 2.05) is 4.90 Å². The fourth-order valence-corrected chi connectivity index (χ4v) is 4.86. The second kappa shape index (κ2) is 5.92. The van der Waals surface area contributed by atoms with Crippen LogP contribution in [0.4, 0.5) is 0 Å². The van der Waals surface area contributed by atoms with E-state index in [0.29, 0.717) is 29.7 Å². The van der Waals surface area contributed by atoms with Crippen LogP contribution in [0.2, 0.25) is 5.02 Å². The zero-order chi connectivity index (χ0) is 18.8. The number of piperidine rings is 1. The van der Waals surface area contributed by atoms with Crippen molar-refractivity contribution in [3.63, 3.8) is 0 Å². The molecule has 0 radical (unpaired) electrons. The highest BCUT2D eigenvalue weighted by Crippen LogP contribution is 2.46. The van der Waals surface area contributed by atoms with E-state index >= 15 is 0 Å². The molecule has 27 heavy (non-hydrogen) atoms. The Balaban J connectivity index is 1.39. The number of fused-ring (bicyclic) bond motifs is 2.